The number of halogens is 1. The third-order valence-electron chi connectivity index (χ3n) is 2.83. The second kappa shape index (κ2) is 5.54. The van der Waals surface area contributed by atoms with E-state index in [0.717, 1.165) is 17.5 Å². The number of ether oxygens (including phenoxy) is 1. The lowest BCUT2D eigenvalue weighted by molar-refractivity contribution is 0.127. The van der Waals surface area contributed by atoms with E-state index in [2.05, 4.69) is 35.0 Å². The summed E-state index contributed by atoms with van der Waals surface area (Å²) in [5, 5.41) is 0.555. The molecule has 1 aliphatic heterocycles. The van der Waals surface area contributed by atoms with E-state index in [0.29, 0.717) is 17.9 Å². The molecule has 0 aliphatic carbocycles. The minimum atomic E-state index is 0.342. The van der Waals surface area contributed by atoms with Crippen LogP contribution in [0.15, 0.2) is 27.6 Å². The molecule has 2 nitrogen and oxygen atoms in total. The van der Waals surface area contributed by atoms with Crippen LogP contribution in [0.3, 0.4) is 0 Å². The highest BCUT2D eigenvalue weighted by atomic mass is 79.9. The number of hydrogen-bond acceptors (Lipinski definition) is 3. The van der Waals surface area contributed by atoms with Gasteiger partial charge in [-0.1, -0.05) is 22.0 Å². The Balaban J connectivity index is 2.16. The highest BCUT2D eigenvalue weighted by Gasteiger charge is 2.25. The quantitative estimate of drug-likeness (QED) is 0.931. The molecular formula is C12H16BrNOS. The first kappa shape index (κ1) is 12.4. The third-order valence-corrected chi connectivity index (χ3v) is 4.88. The molecule has 0 amide bonds. The topological polar surface area (TPSA) is 35.2 Å². The van der Waals surface area contributed by atoms with Crippen LogP contribution < -0.4 is 5.73 Å². The van der Waals surface area contributed by atoms with Gasteiger partial charge in [0.1, 0.15) is 0 Å². The molecule has 2 unspecified atom stereocenters. The van der Waals surface area contributed by atoms with Crippen molar-refractivity contribution in [2.75, 3.05) is 6.61 Å². The minimum Gasteiger partial charge on any atom is -0.377 e. The Labute approximate surface area is 109 Å². The van der Waals surface area contributed by atoms with E-state index in [1.165, 1.54) is 10.5 Å². The fourth-order valence-corrected chi connectivity index (χ4v) is 3.66. The monoisotopic (exact) mass is 301 g/mol. The molecular weight excluding hydrogens is 286 g/mol. The zero-order valence-corrected chi connectivity index (χ0v) is 11.7. The summed E-state index contributed by atoms with van der Waals surface area (Å²) in [5.41, 5.74) is 6.96. The summed E-state index contributed by atoms with van der Waals surface area (Å²) >= 11 is 5.39. The van der Waals surface area contributed by atoms with Crippen molar-refractivity contribution in [1.29, 1.82) is 0 Å². The standard InChI is InChI=1S/C12H16BrNOS/c1-8-11(4-5-15-8)16-12-6-10(13)3-2-9(12)7-14/h2-3,6,8,11H,4-5,7,14H2,1H3. The van der Waals surface area contributed by atoms with E-state index in [-0.39, 0.29) is 0 Å². The van der Waals surface area contributed by atoms with Crippen LogP contribution >= 0.6 is 27.7 Å². The molecule has 4 heteroatoms. The van der Waals surface area contributed by atoms with E-state index in [1.54, 1.807) is 0 Å². The molecule has 1 aromatic rings. The van der Waals surface area contributed by atoms with Gasteiger partial charge in [0.2, 0.25) is 0 Å². The molecule has 2 rings (SSSR count). The van der Waals surface area contributed by atoms with Gasteiger partial charge in [0.05, 0.1) is 6.10 Å². The van der Waals surface area contributed by atoms with Crippen LogP contribution in [0.2, 0.25) is 0 Å². The van der Waals surface area contributed by atoms with E-state index in [1.807, 2.05) is 17.8 Å². The lowest BCUT2D eigenvalue weighted by atomic mass is 10.2. The van der Waals surface area contributed by atoms with Crippen molar-refractivity contribution in [3.05, 3.63) is 28.2 Å². The molecule has 1 saturated heterocycles. The van der Waals surface area contributed by atoms with Gasteiger partial charge in [-0.2, -0.15) is 0 Å². The number of hydrogen-bond donors (Lipinski definition) is 1. The molecule has 1 fully saturated rings. The number of rotatable bonds is 3. The summed E-state index contributed by atoms with van der Waals surface area (Å²) in [4.78, 5) is 1.28. The fourth-order valence-electron chi connectivity index (χ4n) is 1.84. The highest BCUT2D eigenvalue weighted by Crippen LogP contribution is 2.35. The molecule has 1 aliphatic rings. The Morgan fingerprint density at radius 1 is 1.56 bits per heavy atom. The lowest BCUT2D eigenvalue weighted by Crippen LogP contribution is -2.13. The Morgan fingerprint density at radius 3 is 3.00 bits per heavy atom. The van der Waals surface area contributed by atoms with Gasteiger partial charge in [0, 0.05) is 27.8 Å². The average Bonchev–Trinajstić information content (AvgIpc) is 2.65. The molecule has 0 saturated carbocycles. The zero-order valence-electron chi connectivity index (χ0n) is 9.28. The van der Waals surface area contributed by atoms with Gasteiger partial charge in [-0.3, -0.25) is 0 Å². The number of nitrogens with two attached hydrogens (primary N) is 1. The summed E-state index contributed by atoms with van der Waals surface area (Å²) in [6.45, 7) is 3.62. The first-order chi connectivity index (χ1) is 7.70. The molecule has 88 valence electrons. The van der Waals surface area contributed by atoms with Gasteiger partial charge in [0.25, 0.3) is 0 Å². The SMILES string of the molecule is CC1OCCC1Sc1cc(Br)ccc1CN. The summed E-state index contributed by atoms with van der Waals surface area (Å²) in [5.74, 6) is 0. The second-order valence-electron chi connectivity index (χ2n) is 3.98. The van der Waals surface area contributed by atoms with Crippen LogP contribution in [-0.4, -0.2) is 18.0 Å². The molecule has 0 bridgehead atoms. The fraction of sp³-hybridized carbons (Fsp3) is 0.500. The molecule has 1 aromatic carbocycles. The van der Waals surface area contributed by atoms with Crippen molar-refractivity contribution in [2.45, 2.75) is 36.1 Å². The second-order valence-corrected chi connectivity index (χ2v) is 6.17. The average molecular weight is 302 g/mol. The summed E-state index contributed by atoms with van der Waals surface area (Å²) in [6.07, 6.45) is 1.47. The van der Waals surface area contributed by atoms with Crippen LogP contribution in [0, 0.1) is 0 Å². The highest BCUT2D eigenvalue weighted by molar-refractivity contribution is 9.10. The molecule has 1 heterocycles. The van der Waals surface area contributed by atoms with E-state index in [9.17, 15) is 0 Å². The van der Waals surface area contributed by atoms with Crippen molar-refractivity contribution in [1.82, 2.24) is 0 Å². The van der Waals surface area contributed by atoms with Crippen LogP contribution in [0.4, 0.5) is 0 Å². The molecule has 2 atom stereocenters. The van der Waals surface area contributed by atoms with Crippen molar-refractivity contribution < 1.29 is 4.74 Å². The largest absolute Gasteiger partial charge is 0.377 e. The molecule has 0 aromatic heterocycles. The third kappa shape index (κ3) is 2.80. The summed E-state index contributed by atoms with van der Waals surface area (Å²) in [6, 6.07) is 6.28. The van der Waals surface area contributed by atoms with Gasteiger partial charge < -0.3 is 10.5 Å². The van der Waals surface area contributed by atoms with Crippen molar-refractivity contribution in [3.8, 4) is 0 Å². The minimum absolute atomic E-state index is 0.342. The van der Waals surface area contributed by atoms with E-state index < -0.39 is 0 Å². The Bertz CT molecular complexity index is 372. The first-order valence-corrected chi connectivity index (χ1v) is 7.14. The molecule has 0 radical (unpaired) electrons. The van der Waals surface area contributed by atoms with Crippen LogP contribution in [0.5, 0.6) is 0 Å². The maximum atomic E-state index is 5.75. The van der Waals surface area contributed by atoms with Crippen LogP contribution in [-0.2, 0) is 11.3 Å². The first-order valence-electron chi connectivity index (χ1n) is 5.47. The summed E-state index contributed by atoms with van der Waals surface area (Å²) < 4.78 is 6.69. The Morgan fingerprint density at radius 2 is 2.38 bits per heavy atom. The summed E-state index contributed by atoms with van der Waals surface area (Å²) in [7, 11) is 0. The van der Waals surface area contributed by atoms with Crippen molar-refractivity contribution in [3.63, 3.8) is 0 Å². The Kier molecular flexibility index (Phi) is 4.30. The van der Waals surface area contributed by atoms with Crippen LogP contribution in [0.25, 0.3) is 0 Å². The Hall–Kier alpha value is -0.0300. The smallest absolute Gasteiger partial charge is 0.0669 e. The zero-order chi connectivity index (χ0) is 11.5. The van der Waals surface area contributed by atoms with Gasteiger partial charge in [0.15, 0.2) is 0 Å². The van der Waals surface area contributed by atoms with E-state index in [4.69, 9.17) is 10.5 Å². The van der Waals surface area contributed by atoms with Gasteiger partial charge in [-0.15, -0.1) is 11.8 Å². The van der Waals surface area contributed by atoms with E-state index >= 15 is 0 Å². The van der Waals surface area contributed by atoms with Crippen molar-refractivity contribution >= 4 is 27.7 Å². The van der Waals surface area contributed by atoms with Gasteiger partial charge >= 0.3 is 0 Å². The lowest BCUT2D eigenvalue weighted by Gasteiger charge is -2.16. The van der Waals surface area contributed by atoms with Crippen molar-refractivity contribution in [2.24, 2.45) is 5.73 Å². The number of benzene rings is 1. The van der Waals surface area contributed by atoms with Gasteiger partial charge in [-0.05, 0) is 31.0 Å². The number of thioether (sulfide) groups is 1. The molecule has 0 spiro atoms. The van der Waals surface area contributed by atoms with Crippen LogP contribution in [0.1, 0.15) is 18.9 Å². The molecule has 2 N–H and O–H groups in total. The maximum Gasteiger partial charge on any atom is 0.0669 e. The predicted octanol–water partition coefficient (Wildman–Crippen LogP) is 3.18. The maximum absolute atomic E-state index is 5.75. The normalized spacial score (nSPS) is 24.9. The predicted molar refractivity (Wildman–Crippen MR) is 71.7 cm³/mol. The van der Waals surface area contributed by atoms with Gasteiger partial charge in [-0.25, -0.2) is 0 Å². The molecule has 16 heavy (non-hydrogen) atoms.